The number of aryl methyl sites for hydroxylation is 1. The van der Waals surface area contributed by atoms with Gasteiger partial charge in [-0.05, 0) is 30.9 Å². The van der Waals surface area contributed by atoms with E-state index in [1.54, 1.807) is 11.3 Å². The summed E-state index contributed by atoms with van der Waals surface area (Å²) in [6.07, 6.45) is 0. The van der Waals surface area contributed by atoms with Crippen LogP contribution in [0.1, 0.15) is 30.0 Å². The molecule has 0 amide bonds. The molecule has 0 aliphatic rings. The van der Waals surface area contributed by atoms with Crippen LogP contribution in [0.3, 0.4) is 0 Å². The molecule has 0 saturated heterocycles. The lowest BCUT2D eigenvalue weighted by molar-refractivity contribution is 0.363. The molecule has 0 aromatic carbocycles. The zero-order valence-corrected chi connectivity index (χ0v) is 10.7. The second-order valence-corrected chi connectivity index (χ2v) is 5.26. The predicted octanol–water partition coefficient (Wildman–Crippen LogP) is 3.55. The van der Waals surface area contributed by atoms with Crippen LogP contribution >= 0.6 is 22.9 Å². The molecular formula is C11H13ClN2OS. The molecule has 1 atom stereocenters. The molecule has 0 fully saturated rings. The summed E-state index contributed by atoms with van der Waals surface area (Å²) < 4.78 is 5.94. The zero-order chi connectivity index (χ0) is 11.5. The van der Waals surface area contributed by atoms with Crippen molar-refractivity contribution in [2.24, 2.45) is 0 Å². The Morgan fingerprint density at radius 2 is 2.38 bits per heavy atom. The highest BCUT2D eigenvalue weighted by Gasteiger charge is 2.08. The van der Waals surface area contributed by atoms with E-state index < -0.39 is 0 Å². The summed E-state index contributed by atoms with van der Waals surface area (Å²) in [7, 11) is 0. The average molecular weight is 257 g/mol. The van der Waals surface area contributed by atoms with Crippen molar-refractivity contribution >= 4 is 22.9 Å². The van der Waals surface area contributed by atoms with Crippen LogP contribution in [-0.4, -0.2) is 5.16 Å². The fourth-order valence-corrected chi connectivity index (χ4v) is 2.41. The molecule has 0 saturated carbocycles. The Morgan fingerprint density at radius 3 is 2.94 bits per heavy atom. The van der Waals surface area contributed by atoms with Gasteiger partial charge < -0.3 is 9.84 Å². The van der Waals surface area contributed by atoms with Crippen LogP contribution in [0, 0.1) is 6.92 Å². The van der Waals surface area contributed by atoms with Gasteiger partial charge in [0.25, 0.3) is 0 Å². The normalized spacial score (nSPS) is 12.9. The van der Waals surface area contributed by atoms with Crippen LogP contribution in [0.15, 0.2) is 22.0 Å². The predicted molar refractivity (Wildman–Crippen MR) is 65.8 cm³/mol. The molecule has 5 heteroatoms. The molecule has 0 bridgehead atoms. The van der Waals surface area contributed by atoms with Crippen molar-refractivity contribution in [1.29, 1.82) is 0 Å². The highest BCUT2D eigenvalue weighted by molar-refractivity contribution is 7.14. The van der Waals surface area contributed by atoms with Crippen LogP contribution in [0.25, 0.3) is 0 Å². The SMILES string of the molecule is Cc1cc(CNC(C)c2csc(Cl)c2)on1. The highest BCUT2D eigenvalue weighted by Crippen LogP contribution is 2.24. The van der Waals surface area contributed by atoms with Gasteiger partial charge in [0.15, 0.2) is 5.76 Å². The molecule has 0 aliphatic heterocycles. The van der Waals surface area contributed by atoms with Gasteiger partial charge in [0.05, 0.1) is 16.6 Å². The van der Waals surface area contributed by atoms with Gasteiger partial charge in [0, 0.05) is 12.1 Å². The molecule has 1 unspecified atom stereocenters. The Morgan fingerprint density at radius 1 is 1.56 bits per heavy atom. The number of aromatic nitrogens is 1. The molecule has 0 radical (unpaired) electrons. The maximum absolute atomic E-state index is 5.89. The van der Waals surface area contributed by atoms with Crippen molar-refractivity contribution in [3.05, 3.63) is 38.9 Å². The molecule has 2 aromatic rings. The number of nitrogens with one attached hydrogen (secondary N) is 1. The molecular weight excluding hydrogens is 244 g/mol. The quantitative estimate of drug-likeness (QED) is 0.909. The van der Waals surface area contributed by atoms with E-state index in [-0.39, 0.29) is 6.04 Å². The van der Waals surface area contributed by atoms with E-state index in [0.29, 0.717) is 6.54 Å². The van der Waals surface area contributed by atoms with Crippen LogP contribution in [0.5, 0.6) is 0 Å². The smallest absolute Gasteiger partial charge is 0.150 e. The average Bonchev–Trinajstić information content (AvgIpc) is 2.84. The summed E-state index contributed by atoms with van der Waals surface area (Å²) >= 11 is 7.44. The summed E-state index contributed by atoms with van der Waals surface area (Å²) in [5.41, 5.74) is 2.11. The minimum Gasteiger partial charge on any atom is -0.360 e. The van der Waals surface area contributed by atoms with Crippen LogP contribution in [-0.2, 0) is 6.54 Å². The molecule has 86 valence electrons. The molecule has 0 spiro atoms. The summed E-state index contributed by atoms with van der Waals surface area (Å²) in [5, 5.41) is 9.25. The summed E-state index contributed by atoms with van der Waals surface area (Å²) in [6, 6.07) is 4.17. The Balaban J connectivity index is 1.91. The van der Waals surface area contributed by atoms with Crippen molar-refractivity contribution in [2.45, 2.75) is 26.4 Å². The molecule has 0 aliphatic carbocycles. The summed E-state index contributed by atoms with van der Waals surface area (Å²) in [6.45, 7) is 4.69. The second-order valence-electron chi connectivity index (χ2n) is 3.72. The lowest BCUT2D eigenvalue weighted by atomic mass is 10.2. The fraction of sp³-hybridized carbons (Fsp3) is 0.364. The number of halogens is 1. The lowest BCUT2D eigenvalue weighted by Gasteiger charge is -2.10. The highest BCUT2D eigenvalue weighted by atomic mass is 35.5. The van der Waals surface area contributed by atoms with Crippen molar-refractivity contribution in [3.8, 4) is 0 Å². The first-order chi connectivity index (χ1) is 7.65. The topological polar surface area (TPSA) is 38.1 Å². The van der Waals surface area contributed by atoms with Crippen LogP contribution in [0.4, 0.5) is 0 Å². The van der Waals surface area contributed by atoms with Gasteiger partial charge in [-0.1, -0.05) is 16.8 Å². The molecule has 2 heterocycles. The first-order valence-electron chi connectivity index (χ1n) is 5.04. The summed E-state index contributed by atoms with van der Waals surface area (Å²) in [5.74, 6) is 0.852. The van der Waals surface area contributed by atoms with Crippen LogP contribution in [0.2, 0.25) is 4.34 Å². The van der Waals surface area contributed by atoms with E-state index >= 15 is 0 Å². The molecule has 3 nitrogen and oxygen atoms in total. The van der Waals surface area contributed by atoms with Gasteiger partial charge in [-0.2, -0.15) is 0 Å². The lowest BCUT2D eigenvalue weighted by Crippen LogP contribution is -2.17. The van der Waals surface area contributed by atoms with Crippen molar-refractivity contribution < 1.29 is 4.52 Å². The standard InChI is InChI=1S/C11H13ClN2OS/c1-7-3-10(15-14-7)5-13-8(2)9-4-11(12)16-6-9/h3-4,6,8,13H,5H2,1-2H3. The largest absolute Gasteiger partial charge is 0.360 e. The van der Waals surface area contributed by atoms with Gasteiger partial charge in [-0.3, -0.25) is 0 Å². The van der Waals surface area contributed by atoms with E-state index in [0.717, 1.165) is 15.8 Å². The van der Waals surface area contributed by atoms with Gasteiger partial charge in [0.2, 0.25) is 0 Å². The first kappa shape index (κ1) is 11.6. The number of thiophene rings is 1. The Labute approximate surface area is 103 Å². The van der Waals surface area contributed by atoms with E-state index in [1.807, 2.05) is 19.1 Å². The van der Waals surface area contributed by atoms with Crippen molar-refractivity contribution in [2.75, 3.05) is 0 Å². The van der Waals surface area contributed by atoms with E-state index in [2.05, 4.69) is 22.8 Å². The van der Waals surface area contributed by atoms with Gasteiger partial charge in [-0.25, -0.2) is 0 Å². The maximum atomic E-state index is 5.89. The van der Waals surface area contributed by atoms with E-state index in [4.69, 9.17) is 16.1 Å². The Hall–Kier alpha value is -0.840. The van der Waals surface area contributed by atoms with E-state index in [9.17, 15) is 0 Å². The van der Waals surface area contributed by atoms with Crippen molar-refractivity contribution in [3.63, 3.8) is 0 Å². The number of nitrogens with zero attached hydrogens (tertiary/aromatic N) is 1. The van der Waals surface area contributed by atoms with Crippen LogP contribution < -0.4 is 5.32 Å². The molecule has 2 aromatic heterocycles. The third kappa shape index (κ3) is 2.84. The van der Waals surface area contributed by atoms with Crippen molar-refractivity contribution in [1.82, 2.24) is 10.5 Å². The minimum atomic E-state index is 0.258. The number of hydrogen-bond donors (Lipinski definition) is 1. The van der Waals surface area contributed by atoms with Gasteiger partial charge >= 0.3 is 0 Å². The third-order valence-electron chi connectivity index (χ3n) is 2.35. The minimum absolute atomic E-state index is 0.258. The number of rotatable bonds is 4. The number of hydrogen-bond acceptors (Lipinski definition) is 4. The molecule has 1 N–H and O–H groups in total. The maximum Gasteiger partial charge on any atom is 0.150 e. The van der Waals surface area contributed by atoms with Gasteiger partial charge in [-0.15, -0.1) is 11.3 Å². The third-order valence-corrected chi connectivity index (χ3v) is 3.46. The second kappa shape index (κ2) is 4.99. The Kier molecular flexibility index (Phi) is 3.63. The van der Waals surface area contributed by atoms with Gasteiger partial charge in [0.1, 0.15) is 0 Å². The Bertz CT molecular complexity index is 466. The fourth-order valence-electron chi connectivity index (χ4n) is 1.42. The zero-order valence-electron chi connectivity index (χ0n) is 9.16. The monoisotopic (exact) mass is 256 g/mol. The van der Waals surface area contributed by atoms with E-state index in [1.165, 1.54) is 5.56 Å². The first-order valence-corrected chi connectivity index (χ1v) is 6.30. The molecule has 2 rings (SSSR count). The molecule has 16 heavy (non-hydrogen) atoms. The summed E-state index contributed by atoms with van der Waals surface area (Å²) in [4.78, 5) is 0.